The van der Waals surface area contributed by atoms with Crippen LogP contribution in [0.25, 0.3) is 0 Å². The van der Waals surface area contributed by atoms with Crippen LogP contribution >= 0.6 is 11.6 Å². The summed E-state index contributed by atoms with van der Waals surface area (Å²) in [5.74, 6) is -1.39. The number of carbonyl (C=O) groups is 2. The maximum Gasteiger partial charge on any atom is 0.325 e. The Morgan fingerprint density at radius 3 is 2.57 bits per heavy atom. The Balaban J connectivity index is 2.85. The van der Waals surface area contributed by atoms with Gasteiger partial charge in [0.15, 0.2) is 0 Å². The monoisotopic (exact) mass is 315 g/mol. The van der Waals surface area contributed by atoms with Gasteiger partial charge in [-0.2, -0.15) is 0 Å². The van der Waals surface area contributed by atoms with Gasteiger partial charge in [0.1, 0.15) is 12.4 Å². The zero-order valence-corrected chi connectivity index (χ0v) is 13.1. The van der Waals surface area contributed by atoms with E-state index in [0.717, 1.165) is 0 Å². The van der Waals surface area contributed by atoms with Gasteiger partial charge < -0.3 is 9.64 Å². The minimum absolute atomic E-state index is 0.138. The molecule has 1 aromatic carbocycles. The van der Waals surface area contributed by atoms with E-state index in [-0.39, 0.29) is 42.1 Å². The van der Waals surface area contributed by atoms with Crippen molar-refractivity contribution >= 4 is 23.5 Å². The van der Waals surface area contributed by atoms with E-state index in [2.05, 4.69) is 0 Å². The molecule has 0 aromatic heterocycles. The van der Waals surface area contributed by atoms with Crippen LogP contribution in [0.3, 0.4) is 0 Å². The topological polar surface area (TPSA) is 46.6 Å². The molecule has 0 unspecified atom stereocenters. The van der Waals surface area contributed by atoms with Gasteiger partial charge in [0.25, 0.3) is 0 Å². The molecule has 21 heavy (non-hydrogen) atoms. The zero-order chi connectivity index (χ0) is 16.0. The van der Waals surface area contributed by atoms with Gasteiger partial charge in [-0.1, -0.05) is 17.7 Å². The van der Waals surface area contributed by atoms with E-state index in [0.29, 0.717) is 0 Å². The highest BCUT2D eigenvalue weighted by molar-refractivity contribution is 6.31. The standard InChI is InChI=1S/C15H19ClFNO3/c1-4-21-15(20)9-18(10(2)3)14(19)8-11-12(16)6-5-7-13(11)17/h5-7,10H,4,8-9H2,1-3H3. The van der Waals surface area contributed by atoms with Crippen molar-refractivity contribution < 1.29 is 18.7 Å². The van der Waals surface area contributed by atoms with Gasteiger partial charge >= 0.3 is 5.97 Å². The third-order valence-corrected chi connectivity index (χ3v) is 3.29. The van der Waals surface area contributed by atoms with Crippen molar-refractivity contribution in [2.24, 2.45) is 0 Å². The van der Waals surface area contributed by atoms with E-state index in [4.69, 9.17) is 16.3 Å². The summed E-state index contributed by atoms with van der Waals surface area (Å²) >= 11 is 5.91. The predicted molar refractivity (Wildman–Crippen MR) is 78.6 cm³/mol. The molecule has 116 valence electrons. The molecule has 0 fully saturated rings. The van der Waals surface area contributed by atoms with Gasteiger partial charge in [-0.15, -0.1) is 0 Å². The van der Waals surface area contributed by atoms with Crippen molar-refractivity contribution in [3.05, 3.63) is 34.6 Å². The lowest BCUT2D eigenvalue weighted by molar-refractivity contribution is -0.149. The van der Waals surface area contributed by atoms with E-state index in [1.807, 2.05) is 0 Å². The quantitative estimate of drug-likeness (QED) is 0.758. The summed E-state index contributed by atoms with van der Waals surface area (Å²) < 4.78 is 18.5. The molecule has 0 heterocycles. The second-order valence-electron chi connectivity index (χ2n) is 4.80. The molecule has 0 aliphatic rings. The van der Waals surface area contributed by atoms with E-state index in [1.54, 1.807) is 20.8 Å². The fourth-order valence-electron chi connectivity index (χ4n) is 1.86. The second-order valence-corrected chi connectivity index (χ2v) is 5.20. The summed E-state index contributed by atoms with van der Waals surface area (Å²) in [6.07, 6.45) is -0.191. The lowest BCUT2D eigenvalue weighted by Crippen LogP contribution is -2.42. The predicted octanol–water partition coefficient (Wildman–Crippen LogP) is 2.82. The fraction of sp³-hybridized carbons (Fsp3) is 0.467. The van der Waals surface area contributed by atoms with Crippen molar-refractivity contribution in [3.63, 3.8) is 0 Å². The maximum atomic E-state index is 13.7. The fourth-order valence-corrected chi connectivity index (χ4v) is 2.09. The first-order chi connectivity index (χ1) is 9.86. The molecule has 6 heteroatoms. The van der Waals surface area contributed by atoms with Gasteiger partial charge in [0.2, 0.25) is 5.91 Å². The molecule has 4 nitrogen and oxygen atoms in total. The van der Waals surface area contributed by atoms with Gasteiger partial charge in [-0.25, -0.2) is 4.39 Å². The van der Waals surface area contributed by atoms with Crippen LogP contribution in [0.15, 0.2) is 18.2 Å². The minimum Gasteiger partial charge on any atom is -0.465 e. The van der Waals surface area contributed by atoms with Crippen LogP contribution in [0.5, 0.6) is 0 Å². The number of benzene rings is 1. The molecule has 0 radical (unpaired) electrons. The van der Waals surface area contributed by atoms with E-state index >= 15 is 0 Å². The molecular formula is C15H19ClFNO3. The summed E-state index contributed by atoms with van der Waals surface area (Å²) in [6, 6.07) is 4.05. The highest BCUT2D eigenvalue weighted by atomic mass is 35.5. The number of rotatable bonds is 6. The summed E-state index contributed by atoms with van der Waals surface area (Å²) in [6.45, 7) is 5.34. The summed E-state index contributed by atoms with van der Waals surface area (Å²) in [5, 5.41) is 0.197. The highest BCUT2D eigenvalue weighted by Gasteiger charge is 2.22. The third kappa shape index (κ3) is 5.01. The highest BCUT2D eigenvalue weighted by Crippen LogP contribution is 2.20. The number of ether oxygens (including phenoxy) is 1. The molecule has 0 N–H and O–H groups in total. The van der Waals surface area contributed by atoms with Crippen LogP contribution in [0.2, 0.25) is 5.02 Å². The third-order valence-electron chi connectivity index (χ3n) is 2.94. The van der Waals surface area contributed by atoms with Gasteiger partial charge in [0, 0.05) is 16.6 Å². The van der Waals surface area contributed by atoms with Crippen molar-refractivity contribution in [1.29, 1.82) is 0 Å². The molecule has 0 saturated heterocycles. The Morgan fingerprint density at radius 1 is 1.38 bits per heavy atom. The van der Waals surface area contributed by atoms with E-state index < -0.39 is 11.8 Å². The Kier molecular flexibility index (Phi) is 6.62. The Hall–Kier alpha value is -1.62. The van der Waals surface area contributed by atoms with Crippen LogP contribution in [0, 0.1) is 5.82 Å². The van der Waals surface area contributed by atoms with Gasteiger partial charge in [0.05, 0.1) is 13.0 Å². The maximum absolute atomic E-state index is 13.7. The molecule has 0 spiro atoms. The van der Waals surface area contributed by atoms with Crippen LogP contribution in [-0.2, 0) is 20.7 Å². The first-order valence-corrected chi connectivity index (χ1v) is 7.12. The van der Waals surface area contributed by atoms with Crippen LogP contribution in [-0.4, -0.2) is 36.0 Å². The lowest BCUT2D eigenvalue weighted by Gasteiger charge is -2.26. The molecule has 0 saturated carbocycles. The van der Waals surface area contributed by atoms with Gasteiger partial charge in [-0.3, -0.25) is 9.59 Å². The molecule has 0 aliphatic heterocycles. The molecule has 1 amide bonds. The van der Waals surface area contributed by atoms with Crippen molar-refractivity contribution in [1.82, 2.24) is 4.90 Å². The first-order valence-electron chi connectivity index (χ1n) is 6.74. The van der Waals surface area contributed by atoms with E-state index in [1.165, 1.54) is 23.1 Å². The molecule has 0 atom stereocenters. The number of esters is 1. The Labute approximate surface area is 128 Å². The SMILES string of the molecule is CCOC(=O)CN(C(=O)Cc1c(F)cccc1Cl)C(C)C. The zero-order valence-electron chi connectivity index (χ0n) is 12.4. The number of hydrogen-bond donors (Lipinski definition) is 0. The smallest absolute Gasteiger partial charge is 0.325 e. The number of hydrogen-bond acceptors (Lipinski definition) is 3. The molecule has 0 bridgehead atoms. The number of amides is 1. The van der Waals surface area contributed by atoms with Crippen LogP contribution in [0.1, 0.15) is 26.3 Å². The van der Waals surface area contributed by atoms with Crippen LogP contribution in [0.4, 0.5) is 4.39 Å². The lowest BCUT2D eigenvalue weighted by atomic mass is 10.1. The second kappa shape index (κ2) is 7.98. The summed E-state index contributed by atoms with van der Waals surface area (Å²) in [4.78, 5) is 25.2. The Morgan fingerprint density at radius 2 is 2.05 bits per heavy atom. The van der Waals surface area contributed by atoms with Crippen molar-refractivity contribution in [3.8, 4) is 0 Å². The average molecular weight is 316 g/mol. The van der Waals surface area contributed by atoms with E-state index in [9.17, 15) is 14.0 Å². The average Bonchev–Trinajstić information content (AvgIpc) is 2.40. The molecule has 0 aliphatic carbocycles. The number of carbonyl (C=O) groups excluding carboxylic acids is 2. The largest absolute Gasteiger partial charge is 0.465 e. The Bertz CT molecular complexity index is 499. The molecule has 1 aromatic rings. The molecular weight excluding hydrogens is 297 g/mol. The summed E-state index contributed by atoms with van der Waals surface area (Å²) in [5.41, 5.74) is 0.138. The normalized spacial score (nSPS) is 10.6. The summed E-state index contributed by atoms with van der Waals surface area (Å²) in [7, 11) is 0. The van der Waals surface area contributed by atoms with Crippen molar-refractivity contribution in [2.45, 2.75) is 33.2 Å². The first kappa shape index (κ1) is 17.4. The van der Waals surface area contributed by atoms with Crippen LogP contribution < -0.4 is 0 Å². The number of halogens is 2. The van der Waals surface area contributed by atoms with Gasteiger partial charge in [-0.05, 0) is 32.9 Å². The van der Waals surface area contributed by atoms with Crippen molar-refractivity contribution in [2.75, 3.05) is 13.2 Å². The number of nitrogens with zero attached hydrogens (tertiary/aromatic N) is 1. The molecule has 1 rings (SSSR count). The minimum atomic E-state index is -0.532.